The van der Waals surface area contributed by atoms with Crippen LogP contribution in [-0.2, 0) is 17.7 Å². The number of aromatic nitrogens is 2. The second kappa shape index (κ2) is 8.72. The Labute approximate surface area is 125 Å². The summed E-state index contributed by atoms with van der Waals surface area (Å²) in [6, 6.07) is 0. The van der Waals surface area contributed by atoms with E-state index in [1.807, 2.05) is 0 Å². The summed E-state index contributed by atoms with van der Waals surface area (Å²) in [6.07, 6.45) is 2.24. The zero-order valence-corrected chi connectivity index (χ0v) is 14.1. The molecule has 1 aromatic rings. The van der Waals surface area contributed by atoms with Crippen molar-refractivity contribution in [1.82, 2.24) is 15.1 Å². The van der Waals surface area contributed by atoms with Crippen LogP contribution < -0.4 is 5.32 Å². The predicted molar refractivity (Wildman–Crippen MR) is 82.6 cm³/mol. The molecule has 1 unspecified atom stereocenters. The van der Waals surface area contributed by atoms with Crippen molar-refractivity contribution >= 4 is 15.9 Å². The summed E-state index contributed by atoms with van der Waals surface area (Å²) in [7, 11) is 1.73. The van der Waals surface area contributed by atoms with E-state index in [-0.39, 0.29) is 0 Å². The number of aryl methyl sites for hydroxylation is 2. The summed E-state index contributed by atoms with van der Waals surface area (Å²) in [6.45, 7) is 10.2. The van der Waals surface area contributed by atoms with E-state index in [9.17, 15) is 0 Å². The number of hydrogen-bond donors (Lipinski definition) is 1. The number of hydrogen-bond acceptors (Lipinski definition) is 3. The Hall–Kier alpha value is -0.390. The molecule has 1 heterocycles. The monoisotopic (exact) mass is 331 g/mol. The number of halogens is 1. The van der Waals surface area contributed by atoms with Gasteiger partial charge in [0.2, 0.25) is 0 Å². The van der Waals surface area contributed by atoms with Crippen molar-refractivity contribution in [1.29, 1.82) is 0 Å². The van der Waals surface area contributed by atoms with Gasteiger partial charge >= 0.3 is 0 Å². The lowest BCUT2D eigenvalue weighted by Crippen LogP contribution is -2.25. The minimum absolute atomic E-state index is 0.657. The van der Waals surface area contributed by atoms with E-state index in [4.69, 9.17) is 4.74 Å². The fourth-order valence-electron chi connectivity index (χ4n) is 2.12. The Morgan fingerprint density at radius 2 is 2.21 bits per heavy atom. The van der Waals surface area contributed by atoms with E-state index in [0.717, 1.165) is 38.4 Å². The van der Waals surface area contributed by atoms with E-state index in [1.54, 1.807) is 7.11 Å². The number of nitrogens with zero attached hydrogens (tertiary/aromatic N) is 2. The molecule has 0 aromatic carbocycles. The average Bonchev–Trinajstić information content (AvgIpc) is 2.68. The summed E-state index contributed by atoms with van der Waals surface area (Å²) < 4.78 is 8.30. The van der Waals surface area contributed by atoms with Crippen molar-refractivity contribution in [3.8, 4) is 0 Å². The van der Waals surface area contributed by atoms with E-state index < -0.39 is 0 Å². The number of ether oxygens (including phenoxy) is 1. The molecule has 1 rings (SSSR count). The molecule has 0 spiro atoms. The first-order valence-electron chi connectivity index (χ1n) is 7.01. The lowest BCUT2D eigenvalue weighted by molar-refractivity contribution is 0.198. The van der Waals surface area contributed by atoms with Crippen molar-refractivity contribution in [2.24, 2.45) is 5.92 Å². The minimum atomic E-state index is 0.657. The maximum atomic E-state index is 5.02. The third-order valence-electron chi connectivity index (χ3n) is 3.30. The van der Waals surface area contributed by atoms with Crippen molar-refractivity contribution in [3.05, 3.63) is 15.9 Å². The number of nitrogens with one attached hydrogen (secondary N) is 1. The van der Waals surface area contributed by atoms with Crippen molar-refractivity contribution < 1.29 is 4.74 Å². The van der Waals surface area contributed by atoms with Gasteiger partial charge < -0.3 is 10.1 Å². The third kappa shape index (κ3) is 5.24. The van der Waals surface area contributed by atoms with Crippen LogP contribution in [0.2, 0.25) is 0 Å². The maximum Gasteiger partial charge on any atom is 0.0738 e. The van der Waals surface area contributed by atoms with Gasteiger partial charge in [0, 0.05) is 20.2 Å². The van der Waals surface area contributed by atoms with Gasteiger partial charge in [0.25, 0.3) is 0 Å². The molecule has 0 saturated heterocycles. The van der Waals surface area contributed by atoms with Gasteiger partial charge in [-0.15, -0.1) is 0 Å². The van der Waals surface area contributed by atoms with E-state index in [2.05, 4.69) is 51.8 Å². The molecule has 19 heavy (non-hydrogen) atoms. The maximum absolute atomic E-state index is 5.02. The van der Waals surface area contributed by atoms with Crippen molar-refractivity contribution in [2.75, 3.05) is 26.8 Å². The van der Waals surface area contributed by atoms with Crippen LogP contribution in [0.25, 0.3) is 0 Å². The van der Waals surface area contributed by atoms with Gasteiger partial charge in [-0.25, -0.2) is 0 Å². The highest BCUT2D eigenvalue weighted by atomic mass is 79.9. The summed E-state index contributed by atoms with van der Waals surface area (Å²) >= 11 is 3.65. The largest absolute Gasteiger partial charge is 0.383 e. The molecule has 1 atom stereocenters. The van der Waals surface area contributed by atoms with Crippen LogP contribution in [0.1, 0.15) is 31.7 Å². The Morgan fingerprint density at radius 1 is 1.47 bits per heavy atom. The molecule has 110 valence electrons. The van der Waals surface area contributed by atoms with Gasteiger partial charge in [-0.3, -0.25) is 4.68 Å². The first kappa shape index (κ1) is 16.7. The lowest BCUT2D eigenvalue weighted by atomic mass is 10.0. The minimum Gasteiger partial charge on any atom is -0.383 e. The highest BCUT2D eigenvalue weighted by Crippen LogP contribution is 2.23. The molecule has 0 saturated carbocycles. The second-order valence-electron chi connectivity index (χ2n) is 5.00. The van der Waals surface area contributed by atoms with Gasteiger partial charge in [-0.05, 0) is 55.1 Å². The topological polar surface area (TPSA) is 39.1 Å². The molecule has 1 aromatic heterocycles. The number of rotatable bonds is 9. The van der Waals surface area contributed by atoms with E-state index >= 15 is 0 Å². The van der Waals surface area contributed by atoms with Crippen LogP contribution in [0.3, 0.4) is 0 Å². The normalized spacial score (nSPS) is 12.9. The molecular weight excluding hydrogens is 306 g/mol. The first-order valence-corrected chi connectivity index (χ1v) is 7.80. The highest BCUT2D eigenvalue weighted by Gasteiger charge is 2.13. The van der Waals surface area contributed by atoms with Crippen molar-refractivity contribution in [3.63, 3.8) is 0 Å². The van der Waals surface area contributed by atoms with Crippen LogP contribution >= 0.6 is 15.9 Å². The summed E-state index contributed by atoms with van der Waals surface area (Å²) in [5, 5.41) is 7.94. The molecule has 0 aliphatic carbocycles. The highest BCUT2D eigenvalue weighted by molar-refractivity contribution is 9.10. The zero-order chi connectivity index (χ0) is 14.3. The van der Waals surface area contributed by atoms with Gasteiger partial charge in [-0.1, -0.05) is 6.92 Å². The molecule has 0 bridgehead atoms. The lowest BCUT2D eigenvalue weighted by Gasteiger charge is -2.13. The summed E-state index contributed by atoms with van der Waals surface area (Å²) in [4.78, 5) is 0. The van der Waals surface area contributed by atoms with Gasteiger partial charge in [0.1, 0.15) is 0 Å². The van der Waals surface area contributed by atoms with Crippen LogP contribution in [0.4, 0.5) is 0 Å². The van der Waals surface area contributed by atoms with Crippen LogP contribution in [0, 0.1) is 12.8 Å². The summed E-state index contributed by atoms with van der Waals surface area (Å²) in [5.74, 6) is 0.657. The Kier molecular flexibility index (Phi) is 7.64. The zero-order valence-electron chi connectivity index (χ0n) is 12.5. The summed E-state index contributed by atoms with van der Waals surface area (Å²) in [5.41, 5.74) is 2.41. The standard InChI is InChI=1S/C14H26BrN3O/c1-5-18-13(14(15)12(3)17-18)7-6-11(2)10-16-8-9-19-4/h11,16H,5-10H2,1-4H3. The smallest absolute Gasteiger partial charge is 0.0738 e. The Bertz CT molecular complexity index is 379. The predicted octanol–water partition coefficient (Wildman–Crippen LogP) is 2.78. The van der Waals surface area contributed by atoms with Gasteiger partial charge in [0.15, 0.2) is 0 Å². The molecular formula is C14H26BrN3O. The first-order chi connectivity index (χ1) is 9.10. The quantitative estimate of drug-likeness (QED) is 0.707. The molecule has 0 aliphatic rings. The average molecular weight is 332 g/mol. The second-order valence-corrected chi connectivity index (χ2v) is 5.80. The Balaban J connectivity index is 2.39. The van der Waals surface area contributed by atoms with Crippen LogP contribution in [0.5, 0.6) is 0 Å². The third-order valence-corrected chi connectivity index (χ3v) is 4.33. The molecule has 5 heteroatoms. The molecule has 0 amide bonds. The fraction of sp³-hybridized carbons (Fsp3) is 0.786. The SMILES string of the molecule is CCn1nc(C)c(Br)c1CCC(C)CNCCOC. The van der Waals surface area contributed by atoms with Crippen molar-refractivity contribution in [2.45, 2.75) is 40.2 Å². The van der Waals surface area contributed by atoms with Crippen LogP contribution in [0.15, 0.2) is 4.47 Å². The molecule has 0 radical (unpaired) electrons. The molecule has 1 N–H and O–H groups in total. The van der Waals surface area contributed by atoms with Crippen LogP contribution in [-0.4, -0.2) is 36.6 Å². The van der Waals surface area contributed by atoms with E-state index in [0.29, 0.717) is 5.92 Å². The molecule has 0 aliphatic heterocycles. The molecule has 0 fully saturated rings. The number of methoxy groups -OCH3 is 1. The molecule has 4 nitrogen and oxygen atoms in total. The van der Waals surface area contributed by atoms with Gasteiger partial charge in [-0.2, -0.15) is 5.10 Å². The Morgan fingerprint density at radius 3 is 2.84 bits per heavy atom. The fourth-order valence-corrected chi connectivity index (χ4v) is 2.60. The van der Waals surface area contributed by atoms with Gasteiger partial charge in [0.05, 0.1) is 22.5 Å². The van der Waals surface area contributed by atoms with E-state index in [1.165, 1.54) is 16.6 Å².